The molecule has 5 nitrogen and oxygen atoms in total. The van der Waals surface area contributed by atoms with Gasteiger partial charge in [0, 0.05) is 6.20 Å². The topological polar surface area (TPSA) is 63.5 Å². The Balaban J connectivity index is 1.72. The highest BCUT2D eigenvalue weighted by molar-refractivity contribution is 5.94. The predicted octanol–water partition coefficient (Wildman–Crippen LogP) is 2.80. The minimum Gasteiger partial charge on any atom is -0.310 e. The third-order valence-corrected chi connectivity index (χ3v) is 3.71. The highest BCUT2D eigenvalue weighted by Crippen LogP contribution is 2.02. The van der Waals surface area contributed by atoms with Crippen LogP contribution in [0.25, 0.3) is 0 Å². The summed E-state index contributed by atoms with van der Waals surface area (Å²) < 4.78 is 14.3. The zero-order chi connectivity index (χ0) is 18.4. The summed E-state index contributed by atoms with van der Waals surface area (Å²) in [6, 6.07) is 18.2. The first kappa shape index (κ1) is 17.3. The third-order valence-electron chi connectivity index (χ3n) is 3.71. The van der Waals surface area contributed by atoms with Crippen LogP contribution in [0.1, 0.15) is 21.5 Å². The summed E-state index contributed by atoms with van der Waals surface area (Å²) in [6.07, 6.45) is 3.01. The molecule has 0 atom stereocenters. The number of amides is 1. The number of pyridine rings is 1. The Morgan fingerprint density at radius 3 is 2.50 bits per heavy atom. The van der Waals surface area contributed by atoms with Gasteiger partial charge in [-0.1, -0.05) is 42.5 Å². The van der Waals surface area contributed by atoms with E-state index in [-0.39, 0.29) is 11.4 Å². The van der Waals surface area contributed by atoms with Gasteiger partial charge >= 0.3 is 0 Å². The van der Waals surface area contributed by atoms with E-state index in [0.29, 0.717) is 12.1 Å². The fourth-order valence-electron chi connectivity index (χ4n) is 2.39. The zero-order valence-corrected chi connectivity index (χ0v) is 13.8. The molecule has 3 rings (SSSR count). The van der Waals surface area contributed by atoms with Crippen LogP contribution in [0.15, 0.2) is 82.8 Å². The number of carbonyl (C=O) groups is 1. The highest BCUT2D eigenvalue weighted by atomic mass is 19.1. The number of nitrogens with zero attached hydrogens (tertiary/aromatic N) is 2. The van der Waals surface area contributed by atoms with Crippen molar-refractivity contribution in [2.24, 2.45) is 5.10 Å². The van der Waals surface area contributed by atoms with Gasteiger partial charge in [-0.25, -0.2) is 9.82 Å². The molecule has 26 heavy (non-hydrogen) atoms. The number of nitrogens with one attached hydrogen (secondary N) is 1. The van der Waals surface area contributed by atoms with Crippen molar-refractivity contribution in [1.29, 1.82) is 0 Å². The van der Waals surface area contributed by atoms with Crippen LogP contribution in [0, 0.1) is 5.82 Å². The van der Waals surface area contributed by atoms with Gasteiger partial charge in [0.25, 0.3) is 11.5 Å². The van der Waals surface area contributed by atoms with Crippen LogP contribution in [-0.4, -0.2) is 16.7 Å². The minimum absolute atomic E-state index is 0.000290. The Morgan fingerprint density at radius 2 is 1.77 bits per heavy atom. The second kappa shape index (κ2) is 8.02. The molecule has 130 valence electrons. The number of carbonyl (C=O) groups excluding carboxylic acids is 1. The summed E-state index contributed by atoms with van der Waals surface area (Å²) in [7, 11) is 0. The fraction of sp³-hybridized carbons (Fsp3) is 0.0500. The molecule has 1 heterocycles. The SMILES string of the molecule is O=C(N/N=C\c1ccc(F)cc1)c1cccn(Cc2ccccc2)c1=O. The van der Waals surface area contributed by atoms with Gasteiger partial charge in [0.15, 0.2) is 0 Å². The van der Waals surface area contributed by atoms with Gasteiger partial charge in [-0.15, -0.1) is 0 Å². The maximum Gasteiger partial charge on any atom is 0.276 e. The third kappa shape index (κ3) is 4.30. The van der Waals surface area contributed by atoms with Crippen LogP contribution in [0.3, 0.4) is 0 Å². The Hall–Kier alpha value is -3.54. The molecule has 6 heteroatoms. The van der Waals surface area contributed by atoms with Crippen LogP contribution < -0.4 is 11.0 Å². The second-order valence-electron chi connectivity index (χ2n) is 5.59. The number of aromatic nitrogens is 1. The van der Waals surface area contributed by atoms with E-state index in [1.165, 1.54) is 41.1 Å². The zero-order valence-electron chi connectivity index (χ0n) is 13.8. The van der Waals surface area contributed by atoms with Gasteiger partial charge in [0.2, 0.25) is 0 Å². The van der Waals surface area contributed by atoms with Crippen LogP contribution in [0.2, 0.25) is 0 Å². The molecule has 0 saturated carbocycles. The first-order valence-corrected chi connectivity index (χ1v) is 7.96. The monoisotopic (exact) mass is 349 g/mol. The summed E-state index contributed by atoms with van der Waals surface area (Å²) in [4.78, 5) is 24.7. The average molecular weight is 349 g/mol. The number of hydrogen-bond donors (Lipinski definition) is 1. The second-order valence-corrected chi connectivity index (χ2v) is 5.59. The maximum atomic E-state index is 12.8. The summed E-state index contributed by atoms with van der Waals surface area (Å²) in [6.45, 7) is 0.375. The molecule has 0 unspecified atom stereocenters. The molecule has 0 radical (unpaired) electrons. The van der Waals surface area contributed by atoms with Gasteiger partial charge < -0.3 is 4.57 Å². The van der Waals surface area contributed by atoms with Gasteiger partial charge in [-0.2, -0.15) is 5.10 Å². The van der Waals surface area contributed by atoms with Crippen molar-refractivity contribution in [3.05, 3.63) is 106 Å². The van der Waals surface area contributed by atoms with E-state index in [2.05, 4.69) is 10.5 Å². The Morgan fingerprint density at radius 1 is 1.04 bits per heavy atom. The number of halogens is 1. The van der Waals surface area contributed by atoms with E-state index in [1.807, 2.05) is 30.3 Å². The summed E-state index contributed by atoms with van der Waals surface area (Å²) >= 11 is 0. The maximum absolute atomic E-state index is 12.8. The molecule has 0 aliphatic rings. The van der Waals surface area contributed by atoms with Gasteiger partial charge in [0.1, 0.15) is 11.4 Å². The van der Waals surface area contributed by atoms with Gasteiger partial charge in [-0.05, 0) is 35.4 Å². The van der Waals surface area contributed by atoms with Crippen LogP contribution in [0.5, 0.6) is 0 Å². The van der Waals surface area contributed by atoms with Crippen LogP contribution in [-0.2, 0) is 6.54 Å². The molecule has 0 spiro atoms. The van der Waals surface area contributed by atoms with E-state index in [9.17, 15) is 14.0 Å². The Kier molecular flexibility index (Phi) is 5.34. The molecule has 2 aromatic carbocycles. The molecular formula is C20H16FN3O2. The van der Waals surface area contributed by atoms with E-state index in [1.54, 1.807) is 12.3 Å². The summed E-state index contributed by atoms with van der Waals surface area (Å²) in [5.74, 6) is -0.954. The molecule has 0 fully saturated rings. The van der Waals surface area contributed by atoms with Crippen molar-refractivity contribution in [3.8, 4) is 0 Å². The lowest BCUT2D eigenvalue weighted by Gasteiger charge is -2.07. The van der Waals surface area contributed by atoms with Crippen molar-refractivity contribution in [3.63, 3.8) is 0 Å². The number of hydrogen-bond acceptors (Lipinski definition) is 3. The summed E-state index contributed by atoms with van der Waals surface area (Å²) in [5, 5.41) is 3.81. The molecule has 0 aliphatic carbocycles. The quantitative estimate of drug-likeness (QED) is 0.569. The van der Waals surface area contributed by atoms with Crippen molar-refractivity contribution in [2.75, 3.05) is 0 Å². The van der Waals surface area contributed by atoms with Crippen LogP contribution >= 0.6 is 0 Å². The van der Waals surface area contributed by atoms with Crippen molar-refractivity contribution < 1.29 is 9.18 Å². The molecular weight excluding hydrogens is 333 g/mol. The number of benzene rings is 2. The average Bonchev–Trinajstić information content (AvgIpc) is 2.66. The first-order chi connectivity index (χ1) is 12.6. The van der Waals surface area contributed by atoms with E-state index >= 15 is 0 Å². The lowest BCUT2D eigenvalue weighted by atomic mass is 10.2. The van der Waals surface area contributed by atoms with Crippen molar-refractivity contribution in [1.82, 2.24) is 9.99 Å². The molecule has 3 aromatic rings. The lowest BCUT2D eigenvalue weighted by Crippen LogP contribution is -2.30. The van der Waals surface area contributed by atoms with Gasteiger partial charge in [0.05, 0.1) is 12.8 Å². The molecule has 1 aromatic heterocycles. The lowest BCUT2D eigenvalue weighted by molar-refractivity contribution is 0.0953. The van der Waals surface area contributed by atoms with Crippen molar-refractivity contribution >= 4 is 12.1 Å². The van der Waals surface area contributed by atoms with Crippen molar-refractivity contribution in [2.45, 2.75) is 6.54 Å². The van der Waals surface area contributed by atoms with Crippen LogP contribution in [0.4, 0.5) is 4.39 Å². The minimum atomic E-state index is -0.601. The van der Waals surface area contributed by atoms with E-state index in [0.717, 1.165) is 5.56 Å². The summed E-state index contributed by atoms with van der Waals surface area (Å²) in [5.41, 5.74) is 3.51. The highest BCUT2D eigenvalue weighted by Gasteiger charge is 2.11. The van der Waals surface area contributed by atoms with E-state index in [4.69, 9.17) is 0 Å². The fourth-order valence-corrected chi connectivity index (χ4v) is 2.39. The molecule has 1 amide bonds. The standard InChI is InChI=1S/C20H16FN3O2/c21-17-10-8-15(9-11-17)13-22-23-19(25)18-7-4-12-24(20(18)26)14-16-5-2-1-3-6-16/h1-13H,14H2,(H,23,25)/b22-13-. The Bertz CT molecular complexity index is 980. The predicted molar refractivity (Wildman–Crippen MR) is 97.7 cm³/mol. The smallest absolute Gasteiger partial charge is 0.276 e. The molecule has 1 N–H and O–H groups in total. The van der Waals surface area contributed by atoms with Gasteiger partial charge in [-0.3, -0.25) is 9.59 Å². The number of rotatable bonds is 5. The normalized spacial score (nSPS) is 10.8. The number of hydrazone groups is 1. The van der Waals surface area contributed by atoms with E-state index < -0.39 is 11.5 Å². The molecule has 0 aliphatic heterocycles. The molecule has 0 bridgehead atoms. The largest absolute Gasteiger partial charge is 0.310 e. The first-order valence-electron chi connectivity index (χ1n) is 7.96. The Labute approximate surface area is 149 Å². The molecule has 0 saturated heterocycles.